The monoisotopic (exact) mass is 244 g/mol. The van der Waals surface area contributed by atoms with Crippen LogP contribution in [0.25, 0.3) is 11.3 Å². The Balaban J connectivity index is 2.51. The molecule has 0 aliphatic heterocycles. The van der Waals surface area contributed by atoms with Crippen LogP contribution < -0.4 is 5.73 Å². The smallest absolute Gasteiger partial charge is 0.419 e. The van der Waals surface area contributed by atoms with Gasteiger partial charge < -0.3 is 15.3 Å². The average Bonchev–Trinajstić information content (AvgIpc) is 2.64. The zero-order valence-electron chi connectivity index (χ0n) is 8.32. The van der Waals surface area contributed by atoms with Gasteiger partial charge in [-0.2, -0.15) is 18.2 Å². The molecule has 2 rings (SSSR count). The molecule has 0 unspecified atom stereocenters. The maximum atomic E-state index is 12.5. The largest absolute Gasteiger partial charge is 0.507 e. The molecule has 0 fully saturated rings. The van der Waals surface area contributed by atoms with Crippen molar-refractivity contribution in [2.24, 2.45) is 0 Å². The molecule has 0 atom stereocenters. The Kier molecular flexibility index (Phi) is 2.45. The maximum absolute atomic E-state index is 12.5. The first-order valence-electron chi connectivity index (χ1n) is 4.49. The third-order valence-corrected chi connectivity index (χ3v) is 2.12. The van der Waals surface area contributed by atoms with Gasteiger partial charge in [-0.1, -0.05) is 0 Å². The van der Waals surface area contributed by atoms with Crippen molar-refractivity contribution in [1.82, 2.24) is 4.98 Å². The normalized spacial score (nSPS) is 11.7. The van der Waals surface area contributed by atoms with E-state index in [0.717, 1.165) is 18.4 Å². The van der Waals surface area contributed by atoms with E-state index in [1.165, 1.54) is 6.07 Å². The number of hydrogen-bond acceptors (Lipinski definition) is 4. The highest BCUT2D eigenvalue weighted by Crippen LogP contribution is 2.37. The van der Waals surface area contributed by atoms with Crippen molar-refractivity contribution < 1.29 is 22.7 Å². The van der Waals surface area contributed by atoms with Gasteiger partial charge in [-0.25, -0.2) is 0 Å². The van der Waals surface area contributed by atoms with Gasteiger partial charge >= 0.3 is 6.18 Å². The first kappa shape index (κ1) is 11.3. The van der Waals surface area contributed by atoms with Crippen LogP contribution in [0.3, 0.4) is 0 Å². The number of rotatable bonds is 1. The number of halogens is 3. The lowest BCUT2D eigenvalue weighted by Gasteiger charge is -2.09. The summed E-state index contributed by atoms with van der Waals surface area (Å²) in [5.41, 5.74) is 4.43. The third kappa shape index (κ3) is 2.17. The topological polar surface area (TPSA) is 72.3 Å². The molecular formula is C10H7F3N2O2. The van der Waals surface area contributed by atoms with Gasteiger partial charge in [0.2, 0.25) is 0 Å². The molecule has 0 amide bonds. The summed E-state index contributed by atoms with van der Waals surface area (Å²) < 4.78 is 42.3. The van der Waals surface area contributed by atoms with Crippen molar-refractivity contribution in [2.75, 3.05) is 5.73 Å². The molecule has 17 heavy (non-hydrogen) atoms. The number of anilines is 1. The number of nitrogens with zero attached hydrogens (tertiary/aromatic N) is 1. The van der Waals surface area contributed by atoms with Crippen molar-refractivity contribution in [3.05, 3.63) is 30.0 Å². The Morgan fingerprint density at radius 3 is 2.53 bits per heavy atom. The van der Waals surface area contributed by atoms with E-state index >= 15 is 0 Å². The Morgan fingerprint density at radius 1 is 1.29 bits per heavy atom. The van der Waals surface area contributed by atoms with Gasteiger partial charge in [0.25, 0.3) is 6.01 Å². The van der Waals surface area contributed by atoms with Gasteiger partial charge in [-0.3, -0.25) is 0 Å². The number of aromatic hydroxyl groups is 1. The van der Waals surface area contributed by atoms with E-state index in [4.69, 9.17) is 15.3 Å². The Labute approximate surface area is 93.5 Å². The molecule has 0 spiro atoms. The van der Waals surface area contributed by atoms with Gasteiger partial charge in [0.15, 0.2) is 0 Å². The molecule has 1 heterocycles. The highest BCUT2D eigenvalue weighted by atomic mass is 19.4. The molecular weight excluding hydrogens is 237 g/mol. The molecule has 7 heteroatoms. The van der Waals surface area contributed by atoms with Crippen molar-refractivity contribution in [2.45, 2.75) is 6.18 Å². The fraction of sp³-hybridized carbons (Fsp3) is 0.100. The Morgan fingerprint density at radius 2 is 2.00 bits per heavy atom. The lowest BCUT2D eigenvalue weighted by atomic mass is 10.1. The van der Waals surface area contributed by atoms with Crippen molar-refractivity contribution in [3.8, 4) is 17.0 Å². The standard InChI is InChI=1S/C10H7F3N2O2/c11-10(12,13)6-3-5(1-2-8(6)16)7-4-17-9(14)15-7/h1-4,16H,(H2,14,15). The van der Waals surface area contributed by atoms with Crippen LogP contribution in [-0.2, 0) is 6.18 Å². The van der Waals surface area contributed by atoms with Crippen molar-refractivity contribution in [1.29, 1.82) is 0 Å². The quantitative estimate of drug-likeness (QED) is 0.808. The summed E-state index contributed by atoms with van der Waals surface area (Å²) in [6.07, 6.45) is -3.49. The summed E-state index contributed by atoms with van der Waals surface area (Å²) in [4.78, 5) is 3.70. The molecule has 0 aliphatic carbocycles. The summed E-state index contributed by atoms with van der Waals surface area (Å²) in [5.74, 6) is -0.835. The first-order valence-corrected chi connectivity index (χ1v) is 4.49. The molecule has 0 radical (unpaired) electrons. The van der Waals surface area contributed by atoms with E-state index in [9.17, 15) is 13.2 Å². The van der Waals surface area contributed by atoms with E-state index < -0.39 is 17.5 Å². The lowest BCUT2D eigenvalue weighted by Crippen LogP contribution is -2.05. The summed E-state index contributed by atoms with van der Waals surface area (Å²) in [6.45, 7) is 0. The Bertz CT molecular complexity index is 549. The van der Waals surface area contributed by atoms with Gasteiger partial charge in [0, 0.05) is 5.56 Å². The minimum absolute atomic E-state index is 0.137. The lowest BCUT2D eigenvalue weighted by molar-refractivity contribution is -0.138. The van der Waals surface area contributed by atoms with Crippen LogP contribution in [0.1, 0.15) is 5.56 Å². The van der Waals surface area contributed by atoms with E-state index in [2.05, 4.69) is 4.98 Å². The van der Waals surface area contributed by atoms with Gasteiger partial charge in [-0.05, 0) is 18.2 Å². The number of phenolic OH excluding ortho intramolecular Hbond substituents is 1. The number of hydrogen-bond donors (Lipinski definition) is 2. The molecule has 4 nitrogen and oxygen atoms in total. The number of phenols is 1. The van der Waals surface area contributed by atoms with Crippen molar-refractivity contribution in [3.63, 3.8) is 0 Å². The highest BCUT2D eigenvalue weighted by Gasteiger charge is 2.34. The van der Waals surface area contributed by atoms with E-state index in [1.54, 1.807) is 0 Å². The number of oxazole rings is 1. The van der Waals surface area contributed by atoms with Gasteiger partial charge in [0.1, 0.15) is 17.7 Å². The van der Waals surface area contributed by atoms with Crippen LogP contribution >= 0.6 is 0 Å². The van der Waals surface area contributed by atoms with Gasteiger partial charge in [-0.15, -0.1) is 0 Å². The Hall–Kier alpha value is -2.18. The fourth-order valence-electron chi connectivity index (χ4n) is 1.34. The highest BCUT2D eigenvalue weighted by molar-refractivity contribution is 5.62. The minimum Gasteiger partial charge on any atom is -0.507 e. The predicted octanol–water partition coefficient (Wildman–Crippen LogP) is 2.65. The fourth-order valence-corrected chi connectivity index (χ4v) is 1.34. The first-order chi connectivity index (χ1) is 7.88. The third-order valence-electron chi connectivity index (χ3n) is 2.12. The van der Waals surface area contributed by atoms with E-state index in [1.807, 2.05) is 0 Å². The van der Waals surface area contributed by atoms with Crippen LogP contribution in [0.4, 0.5) is 19.2 Å². The van der Waals surface area contributed by atoms with Crippen LogP contribution in [0, 0.1) is 0 Å². The van der Waals surface area contributed by atoms with E-state index in [0.29, 0.717) is 0 Å². The maximum Gasteiger partial charge on any atom is 0.419 e. The number of aromatic nitrogens is 1. The summed E-state index contributed by atoms with van der Waals surface area (Å²) >= 11 is 0. The molecule has 3 N–H and O–H groups in total. The number of nitrogen functional groups attached to an aromatic ring is 1. The predicted molar refractivity (Wildman–Crippen MR) is 53.0 cm³/mol. The molecule has 2 aromatic rings. The second-order valence-electron chi connectivity index (χ2n) is 3.30. The second kappa shape index (κ2) is 3.69. The molecule has 1 aromatic heterocycles. The zero-order chi connectivity index (χ0) is 12.6. The molecule has 0 saturated carbocycles. The van der Waals surface area contributed by atoms with Gasteiger partial charge in [0.05, 0.1) is 5.56 Å². The van der Waals surface area contributed by atoms with Crippen molar-refractivity contribution >= 4 is 6.01 Å². The van der Waals surface area contributed by atoms with Crippen LogP contribution in [-0.4, -0.2) is 10.1 Å². The van der Waals surface area contributed by atoms with E-state index in [-0.39, 0.29) is 17.3 Å². The molecule has 0 bridgehead atoms. The van der Waals surface area contributed by atoms with Crippen LogP contribution in [0.5, 0.6) is 5.75 Å². The molecule has 0 saturated heterocycles. The molecule has 90 valence electrons. The zero-order valence-corrected chi connectivity index (χ0v) is 8.32. The van der Waals surface area contributed by atoms with Crippen LogP contribution in [0.15, 0.2) is 28.9 Å². The summed E-state index contributed by atoms with van der Waals surface area (Å²) in [5, 5.41) is 9.13. The molecule has 0 aliphatic rings. The average molecular weight is 244 g/mol. The summed E-state index contributed by atoms with van der Waals surface area (Å²) in [6, 6.07) is 2.89. The number of alkyl halides is 3. The minimum atomic E-state index is -4.63. The number of nitrogens with two attached hydrogens (primary N) is 1. The SMILES string of the molecule is Nc1nc(-c2ccc(O)c(C(F)(F)F)c2)co1. The second-order valence-corrected chi connectivity index (χ2v) is 3.30. The summed E-state index contributed by atoms with van der Waals surface area (Å²) in [7, 11) is 0. The number of benzene rings is 1. The van der Waals surface area contributed by atoms with Crippen LogP contribution in [0.2, 0.25) is 0 Å². The molecule has 1 aromatic carbocycles.